The molecule has 6 nitrogen and oxygen atoms in total. The summed E-state index contributed by atoms with van der Waals surface area (Å²) in [5.74, 6) is -0.162. The largest absolute Gasteiger partial charge is 0.356 e. The molecule has 33 heavy (non-hydrogen) atoms. The van der Waals surface area contributed by atoms with Gasteiger partial charge in [-0.2, -0.15) is 0 Å². The predicted octanol–water partition coefficient (Wildman–Crippen LogP) is 4.79. The average Bonchev–Trinajstić information content (AvgIpc) is 3.07. The number of amides is 1. The number of hydrogen-bond acceptors (Lipinski definition) is 2. The number of benzene rings is 2. The van der Waals surface area contributed by atoms with Crippen molar-refractivity contribution in [3.8, 4) is 0 Å². The van der Waals surface area contributed by atoms with Crippen molar-refractivity contribution in [1.82, 2.24) is 4.57 Å². The molecular weight excluding hydrogens is 435 g/mol. The number of aromatic nitrogens is 1. The van der Waals surface area contributed by atoms with Crippen LogP contribution >= 0.6 is 7.60 Å². The van der Waals surface area contributed by atoms with Gasteiger partial charge in [0.1, 0.15) is 0 Å². The van der Waals surface area contributed by atoms with Gasteiger partial charge < -0.3 is 19.7 Å². The lowest BCUT2D eigenvalue weighted by Crippen LogP contribution is -2.15. The van der Waals surface area contributed by atoms with Crippen molar-refractivity contribution in [2.75, 3.05) is 5.32 Å². The van der Waals surface area contributed by atoms with E-state index in [0.717, 1.165) is 47.3 Å². The summed E-state index contributed by atoms with van der Waals surface area (Å²) < 4.78 is 14.4. The molecule has 0 saturated heterocycles. The second-order valence-electron chi connectivity index (χ2n) is 8.36. The Balaban J connectivity index is 2.15. The monoisotopic (exact) mass is 468 g/mol. The molecular formula is C26H33N2O4P. The summed E-state index contributed by atoms with van der Waals surface area (Å²) in [7, 11) is -4.45. The zero-order valence-electron chi connectivity index (χ0n) is 19.5. The molecule has 1 amide bonds. The molecule has 1 heterocycles. The molecule has 7 heteroatoms. The lowest BCUT2D eigenvalue weighted by molar-refractivity contribution is -0.114. The van der Waals surface area contributed by atoms with Crippen LogP contribution in [0.4, 0.5) is 5.69 Å². The number of anilines is 1. The number of carbonyl (C=O) groups excluding carboxylic acids is 1. The third-order valence-corrected chi connectivity index (χ3v) is 6.89. The number of nitrogens with one attached hydrogen (secondary N) is 1. The molecule has 1 aromatic heterocycles. The summed E-state index contributed by atoms with van der Waals surface area (Å²) in [5.41, 5.74) is 5.35. The highest BCUT2D eigenvalue weighted by molar-refractivity contribution is 7.60. The van der Waals surface area contributed by atoms with Gasteiger partial charge in [-0.3, -0.25) is 9.36 Å². The van der Waals surface area contributed by atoms with Gasteiger partial charge in [0, 0.05) is 31.8 Å². The van der Waals surface area contributed by atoms with Crippen molar-refractivity contribution in [1.29, 1.82) is 0 Å². The van der Waals surface area contributed by atoms with Crippen LogP contribution in [-0.4, -0.2) is 20.3 Å². The zero-order chi connectivity index (χ0) is 24.0. The zero-order valence-corrected chi connectivity index (χ0v) is 20.4. The highest BCUT2D eigenvalue weighted by Crippen LogP contribution is 2.37. The molecule has 0 aliphatic rings. The lowest BCUT2D eigenvalue weighted by atomic mass is 9.98. The first-order valence-corrected chi connectivity index (χ1v) is 13.0. The maximum Gasteiger partial charge on any atom is 0.356 e. The van der Waals surface area contributed by atoms with Crippen molar-refractivity contribution in [2.45, 2.75) is 59.4 Å². The second-order valence-corrected chi connectivity index (χ2v) is 9.93. The molecule has 3 aromatic rings. The number of carbonyl (C=O) groups is 1. The molecule has 0 radical (unpaired) electrons. The minimum atomic E-state index is -4.45. The second kappa shape index (κ2) is 11.0. The van der Waals surface area contributed by atoms with Gasteiger partial charge in [-0.05, 0) is 47.6 Å². The first kappa shape index (κ1) is 25.0. The van der Waals surface area contributed by atoms with Gasteiger partial charge >= 0.3 is 7.60 Å². The van der Waals surface area contributed by atoms with Crippen LogP contribution < -0.4 is 10.6 Å². The first-order chi connectivity index (χ1) is 15.7. The fourth-order valence-corrected chi connectivity index (χ4v) is 5.13. The van der Waals surface area contributed by atoms with Crippen LogP contribution in [-0.2, 0) is 35.2 Å². The maximum atomic E-state index is 12.2. The molecule has 0 spiro atoms. The Hall–Kier alpha value is -2.66. The van der Waals surface area contributed by atoms with Gasteiger partial charge in [0.2, 0.25) is 5.91 Å². The highest BCUT2D eigenvalue weighted by Gasteiger charge is 2.25. The quantitative estimate of drug-likeness (QED) is 0.373. The lowest BCUT2D eigenvalue weighted by Gasteiger charge is -2.16. The van der Waals surface area contributed by atoms with Crippen LogP contribution in [0, 0.1) is 0 Å². The number of aryl methyl sites for hydroxylation is 1. The van der Waals surface area contributed by atoms with Crippen molar-refractivity contribution in [2.24, 2.45) is 0 Å². The van der Waals surface area contributed by atoms with E-state index in [1.165, 1.54) is 13.0 Å². The van der Waals surface area contributed by atoms with Crippen molar-refractivity contribution in [3.05, 3.63) is 82.7 Å². The number of unbranched alkanes of at least 4 members (excludes halogenated alkanes) is 1. The summed E-state index contributed by atoms with van der Waals surface area (Å²) in [6.07, 6.45) is 5.82. The highest BCUT2D eigenvalue weighted by atomic mass is 31.2. The molecule has 0 aliphatic heterocycles. The van der Waals surface area contributed by atoms with E-state index in [1.54, 1.807) is 6.07 Å². The van der Waals surface area contributed by atoms with E-state index in [1.807, 2.05) is 37.4 Å². The molecule has 176 valence electrons. The Labute approximate surface area is 195 Å². The fourth-order valence-electron chi connectivity index (χ4n) is 4.28. The van der Waals surface area contributed by atoms with Gasteiger partial charge in [-0.25, -0.2) is 0 Å². The molecule has 2 aromatic carbocycles. The SMILES string of the molecule is CCCCc1c(NC(C)=O)c(Cc2c(CC)cccc2P(=O)(O)O)cn1Cc1ccccc1. The van der Waals surface area contributed by atoms with Gasteiger partial charge in [0.15, 0.2) is 0 Å². The standard InChI is InChI=1S/C26H33N2O4P/c1-4-6-14-24-26(27-19(3)29)22(18-28(24)17-20-11-8-7-9-12-20)16-23-21(5-2)13-10-15-25(23)33(30,31)32/h7-13,15,18H,4-6,14,16-17H2,1-3H3,(H,27,29)(H2,30,31,32). The number of hydrogen-bond donors (Lipinski definition) is 3. The number of nitrogens with zero attached hydrogens (tertiary/aromatic N) is 1. The van der Waals surface area contributed by atoms with Gasteiger partial charge in [-0.1, -0.05) is 62.7 Å². The average molecular weight is 469 g/mol. The Bertz CT molecular complexity index is 1150. The first-order valence-electron chi connectivity index (χ1n) is 11.4. The molecule has 0 atom stereocenters. The molecule has 0 fully saturated rings. The van der Waals surface area contributed by atoms with Gasteiger partial charge in [-0.15, -0.1) is 0 Å². The topological polar surface area (TPSA) is 91.6 Å². The van der Waals surface area contributed by atoms with Crippen LogP contribution in [0.3, 0.4) is 0 Å². The molecule has 0 bridgehead atoms. The Morgan fingerprint density at radius 2 is 1.76 bits per heavy atom. The molecule has 0 saturated carbocycles. The van der Waals surface area contributed by atoms with Crippen LogP contribution in [0.15, 0.2) is 54.7 Å². The summed E-state index contributed by atoms with van der Waals surface area (Å²) in [5, 5.41) is 3.08. The fraction of sp³-hybridized carbons (Fsp3) is 0.346. The van der Waals surface area contributed by atoms with Gasteiger partial charge in [0.05, 0.1) is 11.0 Å². The summed E-state index contributed by atoms with van der Waals surface area (Å²) in [6.45, 7) is 6.26. The van der Waals surface area contributed by atoms with Gasteiger partial charge in [0.25, 0.3) is 0 Å². The molecule has 3 N–H and O–H groups in total. The molecule has 3 rings (SSSR count). The van der Waals surface area contributed by atoms with E-state index in [2.05, 4.69) is 28.9 Å². The van der Waals surface area contributed by atoms with E-state index >= 15 is 0 Å². The molecule has 0 unspecified atom stereocenters. The Kier molecular flexibility index (Phi) is 8.30. The van der Waals surface area contributed by atoms with E-state index < -0.39 is 7.60 Å². The maximum absolute atomic E-state index is 12.2. The predicted molar refractivity (Wildman–Crippen MR) is 133 cm³/mol. The van der Waals surface area contributed by atoms with Crippen molar-refractivity contribution in [3.63, 3.8) is 0 Å². The third kappa shape index (κ3) is 6.23. The summed E-state index contributed by atoms with van der Waals surface area (Å²) >= 11 is 0. The van der Waals surface area contributed by atoms with Crippen LogP contribution in [0.5, 0.6) is 0 Å². The number of rotatable bonds is 10. The normalized spacial score (nSPS) is 11.5. The molecule has 0 aliphatic carbocycles. The minimum absolute atomic E-state index is 0.0570. The third-order valence-electron chi connectivity index (χ3n) is 5.84. The van der Waals surface area contributed by atoms with Crippen LogP contribution in [0.2, 0.25) is 0 Å². The summed E-state index contributed by atoms with van der Waals surface area (Å²) in [4.78, 5) is 32.1. The minimum Gasteiger partial charge on any atom is -0.345 e. The summed E-state index contributed by atoms with van der Waals surface area (Å²) in [6, 6.07) is 15.2. The van der Waals surface area contributed by atoms with E-state index in [4.69, 9.17) is 0 Å². The van der Waals surface area contributed by atoms with Crippen molar-refractivity contribution >= 4 is 24.5 Å². The van der Waals surface area contributed by atoms with E-state index in [0.29, 0.717) is 24.9 Å². The van der Waals surface area contributed by atoms with Crippen molar-refractivity contribution < 1.29 is 19.1 Å². The Morgan fingerprint density at radius 1 is 1.03 bits per heavy atom. The van der Waals surface area contributed by atoms with Crippen LogP contribution in [0.1, 0.15) is 61.6 Å². The Morgan fingerprint density at radius 3 is 2.36 bits per heavy atom. The smallest absolute Gasteiger partial charge is 0.345 e. The van der Waals surface area contributed by atoms with Crippen LogP contribution in [0.25, 0.3) is 0 Å². The van der Waals surface area contributed by atoms with E-state index in [9.17, 15) is 19.1 Å². The van der Waals surface area contributed by atoms with E-state index in [-0.39, 0.29) is 11.2 Å².